The van der Waals surface area contributed by atoms with E-state index in [2.05, 4.69) is 5.32 Å². The van der Waals surface area contributed by atoms with Crippen molar-refractivity contribution in [2.24, 2.45) is 17.8 Å². The summed E-state index contributed by atoms with van der Waals surface area (Å²) in [4.78, 5) is 23.0. The number of ether oxygens (including phenoxy) is 1. The standard InChI is InChI=1S/C17H22N2O4/c1-10(14-8-11-3-4-12(14)7-11)18-17(20)13-5-6-16(23-2)15(9-13)19(21)22/h5-6,9-12,14H,3-4,7-8H2,1-2H3,(H,18,20)/t10-,11+,12+,14+/m0/s1. The van der Waals surface area contributed by atoms with Gasteiger partial charge in [-0.25, -0.2) is 0 Å². The van der Waals surface area contributed by atoms with Crippen LogP contribution in [0.2, 0.25) is 0 Å². The maximum absolute atomic E-state index is 12.4. The zero-order valence-electron chi connectivity index (χ0n) is 13.5. The van der Waals surface area contributed by atoms with Gasteiger partial charge in [-0.15, -0.1) is 0 Å². The Morgan fingerprint density at radius 2 is 2.17 bits per heavy atom. The number of carbonyl (C=O) groups excluding carboxylic acids is 1. The second-order valence-corrected chi connectivity index (χ2v) is 6.74. The average molecular weight is 318 g/mol. The molecule has 0 aliphatic heterocycles. The molecule has 3 rings (SSSR count). The van der Waals surface area contributed by atoms with E-state index in [1.807, 2.05) is 6.92 Å². The summed E-state index contributed by atoms with van der Waals surface area (Å²) in [6.07, 6.45) is 5.07. The van der Waals surface area contributed by atoms with Crippen molar-refractivity contribution in [1.82, 2.24) is 5.32 Å². The molecule has 0 heterocycles. The number of hydrogen-bond donors (Lipinski definition) is 1. The molecule has 0 saturated heterocycles. The van der Waals surface area contributed by atoms with Gasteiger partial charge in [0.15, 0.2) is 5.75 Å². The quantitative estimate of drug-likeness (QED) is 0.668. The van der Waals surface area contributed by atoms with Gasteiger partial charge in [-0.3, -0.25) is 14.9 Å². The number of carbonyl (C=O) groups is 1. The molecule has 2 fully saturated rings. The van der Waals surface area contributed by atoms with E-state index in [1.165, 1.54) is 44.9 Å². The van der Waals surface area contributed by atoms with Crippen LogP contribution in [0.25, 0.3) is 0 Å². The first-order valence-electron chi connectivity index (χ1n) is 8.13. The molecule has 6 heteroatoms. The summed E-state index contributed by atoms with van der Waals surface area (Å²) in [6, 6.07) is 4.41. The highest BCUT2D eigenvalue weighted by Crippen LogP contribution is 2.49. The van der Waals surface area contributed by atoms with E-state index in [9.17, 15) is 14.9 Å². The number of nitrogens with zero attached hydrogens (tertiary/aromatic N) is 1. The van der Waals surface area contributed by atoms with Gasteiger partial charge in [0.1, 0.15) is 0 Å². The van der Waals surface area contributed by atoms with Gasteiger partial charge >= 0.3 is 5.69 Å². The SMILES string of the molecule is COc1ccc(C(=O)N[C@@H](C)[C@H]2C[C@@H]3CC[C@@H]2C3)cc1[N+](=O)[O-]. The lowest BCUT2D eigenvalue weighted by Gasteiger charge is -2.28. The molecule has 0 aromatic heterocycles. The van der Waals surface area contributed by atoms with Crippen molar-refractivity contribution in [1.29, 1.82) is 0 Å². The Kier molecular flexibility index (Phi) is 4.24. The van der Waals surface area contributed by atoms with Gasteiger partial charge in [-0.05, 0) is 56.1 Å². The van der Waals surface area contributed by atoms with E-state index in [4.69, 9.17) is 4.74 Å². The monoisotopic (exact) mass is 318 g/mol. The summed E-state index contributed by atoms with van der Waals surface area (Å²) < 4.78 is 4.96. The van der Waals surface area contributed by atoms with Crippen LogP contribution in [-0.4, -0.2) is 24.0 Å². The molecule has 2 bridgehead atoms. The van der Waals surface area contributed by atoms with Gasteiger partial charge < -0.3 is 10.1 Å². The van der Waals surface area contributed by atoms with E-state index < -0.39 is 4.92 Å². The number of nitro benzene ring substituents is 1. The Balaban J connectivity index is 1.70. The first-order chi connectivity index (χ1) is 11.0. The van der Waals surface area contributed by atoms with Crippen molar-refractivity contribution in [3.63, 3.8) is 0 Å². The summed E-state index contributed by atoms with van der Waals surface area (Å²) in [5, 5.41) is 14.1. The molecule has 1 aromatic rings. The second kappa shape index (κ2) is 6.18. The Labute approximate surface area is 135 Å². The van der Waals surface area contributed by atoms with Crippen LogP contribution in [0.5, 0.6) is 5.75 Å². The van der Waals surface area contributed by atoms with Crippen LogP contribution in [0.4, 0.5) is 5.69 Å². The minimum atomic E-state index is -0.533. The number of nitrogens with one attached hydrogen (secondary N) is 1. The van der Waals surface area contributed by atoms with Crippen molar-refractivity contribution in [3.8, 4) is 5.75 Å². The fraction of sp³-hybridized carbons (Fsp3) is 0.588. The topological polar surface area (TPSA) is 81.5 Å². The molecule has 2 aliphatic rings. The van der Waals surface area contributed by atoms with Crippen LogP contribution in [0.3, 0.4) is 0 Å². The Morgan fingerprint density at radius 3 is 2.74 bits per heavy atom. The molecule has 4 atom stereocenters. The molecule has 1 aromatic carbocycles. The van der Waals surface area contributed by atoms with Crippen molar-refractivity contribution in [2.75, 3.05) is 7.11 Å². The third-order valence-electron chi connectivity index (χ3n) is 5.43. The zero-order valence-corrected chi connectivity index (χ0v) is 13.5. The maximum Gasteiger partial charge on any atom is 0.311 e. The molecule has 124 valence electrons. The number of hydrogen-bond acceptors (Lipinski definition) is 4. The summed E-state index contributed by atoms with van der Waals surface area (Å²) in [5.41, 5.74) is 0.111. The highest BCUT2D eigenvalue weighted by atomic mass is 16.6. The summed E-state index contributed by atoms with van der Waals surface area (Å²) in [6.45, 7) is 2.04. The Bertz CT molecular complexity index is 631. The predicted molar refractivity (Wildman–Crippen MR) is 85.5 cm³/mol. The summed E-state index contributed by atoms with van der Waals surface area (Å²) in [5.74, 6) is 1.98. The van der Waals surface area contributed by atoms with Gasteiger partial charge in [-0.2, -0.15) is 0 Å². The van der Waals surface area contributed by atoms with Crippen LogP contribution >= 0.6 is 0 Å². The molecule has 0 unspecified atom stereocenters. The van der Waals surface area contributed by atoms with Crippen LogP contribution in [0, 0.1) is 27.9 Å². The van der Waals surface area contributed by atoms with Gasteiger partial charge in [0.25, 0.3) is 5.91 Å². The summed E-state index contributed by atoms with van der Waals surface area (Å²) in [7, 11) is 1.37. The summed E-state index contributed by atoms with van der Waals surface area (Å²) >= 11 is 0. The Morgan fingerprint density at radius 1 is 1.39 bits per heavy atom. The van der Waals surface area contributed by atoms with Crippen molar-refractivity contribution < 1.29 is 14.5 Å². The van der Waals surface area contributed by atoms with Gasteiger partial charge in [-0.1, -0.05) is 6.42 Å². The molecule has 0 radical (unpaired) electrons. The maximum atomic E-state index is 12.4. The lowest BCUT2D eigenvalue weighted by atomic mass is 9.84. The number of amides is 1. The van der Waals surface area contributed by atoms with Crippen LogP contribution in [-0.2, 0) is 0 Å². The molecule has 0 spiro atoms. The van der Waals surface area contributed by atoms with E-state index in [0.29, 0.717) is 11.5 Å². The first kappa shape index (κ1) is 15.8. The normalized spacial score (nSPS) is 26.8. The highest BCUT2D eigenvalue weighted by molar-refractivity contribution is 5.95. The number of rotatable bonds is 5. The lowest BCUT2D eigenvalue weighted by molar-refractivity contribution is -0.385. The van der Waals surface area contributed by atoms with Gasteiger partial charge in [0.05, 0.1) is 12.0 Å². The predicted octanol–water partition coefficient (Wildman–Crippen LogP) is 3.16. The van der Waals surface area contributed by atoms with Crippen LogP contribution in [0.1, 0.15) is 43.0 Å². The number of fused-ring (bicyclic) bond motifs is 2. The second-order valence-electron chi connectivity index (χ2n) is 6.74. The largest absolute Gasteiger partial charge is 0.490 e. The lowest BCUT2D eigenvalue weighted by Crippen LogP contribution is -2.40. The third kappa shape index (κ3) is 3.02. The smallest absolute Gasteiger partial charge is 0.311 e. The van der Waals surface area contributed by atoms with E-state index in [1.54, 1.807) is 6.07 Å². The number of methoxy groups -OCH3 is 1. The fourth-order valence-electron chi connectivity index (χ4n) is 4.28. The third-order valence-corrected chi connectivity index (χ3v) is 5.43. The van der Waals surface area contributed by atoms with E-state index in [0.717, 1.165) is 11.8 Å². The molecular formula is C17H22N2O4. The Hall–Kier alpha value is -2.11. The van der Waals surface area contributed by atoms with E-state index >= 15 is 0 Å². The van der Waals surface area contributed by atoms with E-state index in [-0.39, 0.29) is 23.4 Å². The molecule has 23 heavy (non-hydrogen) atoms. The fourth-order valence-corrected chi connectivity index (χ4v) is 4.28. The number of nitro groups is 1. The first-order valence-corrected chi connectivity index (χ1v) is 8.13. The van der Waals surface area contributed by atoms with Crippen LogP contribution in [0.15, 0.2) is 18.2 Å². The average Bonchev–Trinajstić information content (AvgIpc) is 3.17. The molecular weight excluding hydrogens is 296 g/mol. The minimum Gasteiger partial charge on any atom is -0.490 e. The van der Waals surface area contributed by atoms with Gasteiger partial charge in [0, 0.05) is 17.7 Å². The molecule has 1 N–H and O–H groups in total. The van der Waals surface area contributed by atoms with Crippen molar-refractivity contribution in [3.05, 3.63) is 33.9 Å². The van der Waals surface area contributed by atoms with Crippen LogP contribution < -0.4 is 10.1 Å². The minimum absolute atomic E-state index is 0.0963. The zero-order chi connectivity index (χ0) is 16.6. The van der Waals surface area contributed by atoms with Gasteiger partial charge in [0.2, 0.25) is 0 Å². The molecule has 2 saturated carbocycles. The molecule has 1 amide bonds. The van der Waals surface area contributed by atoms with Crippen molar-refractivity contribution >= 4 is 11.6 Å². The number of benzene rings is 1. The highest BCUT2D eigenvalue weighted by Gasteiger charge is 2.42. The molecule has 2 aliphatic carbocycles. The molecule has 6 nitrogen and oxygen atoms in total. The van der Waals surface area contributed by atoms with Crippen molar-refractivity contribution in [2.45, 2.75) is 38.6 Å².